The number of amides is 1. The lowest BCUT2D eigenvalue weighted by atomic mass is 10.1. The average Bonchev–Trinajstić information content (AvgIpc) is 2.89. The lowest BCUT2D eigenvalue weighted by Gasteiger charge is -2.17. The van der Waals surface area contributed by atoms with E-state index in [-0.39, 0.29) is 5.91 Å². The summed E-state index contributed by atoms with van der Waals surface area (Å²) in [7, 11) is 0. The van der Waals surface area contributed by atoms with Gasteiger partial charge in [-0.3, -0.25) is 10.1 Å². The van der Waals surface area contributed by atoms with Gasteiger partial charge in [-0.1, -0.05) is 49.9 Å². The summed E-state index contributed by atoms with van der Waals surface area (Å²) in [6.07, 6.45) is 0.0157. The third-order valence-electron chi connectivity index (χ3n) is 3.11. The van der Waals surface area contributed by atoms with Crippen LogP contribution in [0.4, 0.5) is 5.13 Å². The van der Waals surface area contributed by atoms with Crippen molar-refractivity contribution in [1.82, 2.24) is 10.2 Å². The number of nitrogens with zero attached hydrogens (tertiary/aromatic N) is 2. The first-order chi connectivity index (χ1) is 11.4. The van der Waals surface area contributed by atoms with Crippen molar-refractivity contribution in [3.05, 3.63) is 29.3 Å². The van der Waals surface area contributed by atoms with Crippen LogP contribution in [-0.4, -0.2) is 27.5 Å². The maximum absolute atomic E-state index is 12.4. The van der Waals surface area contributed by atoms with Gasteiger partial charge in [-0.05, 0) is 43.5 Å². The minimum Gasteiger partial charge on any atom is -0.481 e. The van der Waals surface area contributed by atoms with E-state index in [1.54, 1.807) is 11.8 Å². The van der Waals surface area contributed by atoms with Crippen LogP contribution in [-0.2, 0) is 4.79 Å². The number of aromatic nitrogens is 2. The number of hydrogen-bond acceptors (Lipinski definition) is 6. The number of ether oxygens (including phenoxy) is 1. The van der Waals surface area contributed by atoms with Crippen LogP contribution in [0.1, 0.15) is 38.3 Å². The van der Waals surface area contributed by atoms with Crippen LogP contribution in [0.15, 0.2) is 22.5 Å². The molecule has 1 aromatic heterocycles. The van der Waals surface area contributed by atoms with Crippen molar-refractivity contribution in [3.8, 4) is 5.75 Å². The molecule has 0 aliphatic carbocycles. The fourth-order valence-corrected chi connectivity index (χ4v) is 4.16. The number of rotatable bonds is 7. The van der Waals surface area contributed by atoms with Gasteiger partial charge in [-0.15, -0.1) is 10.2 Å². The largest absolute Gasteiger partial charge is 0.481 e. The van der Waals surface area contributed by atoms with Gasteiger partial charge in [0.15, 0.2) is 10.4 Å². The van der Waals surface area contributed by atoms with E-state index in [1.807, 2.05) is 32.9 Å². The highest BCUT2D eigenvalue weighted by atomic mass is 32.2. The SMILES string of the molecule is CCC(Oc1cc(C)cc(C)c1)C(=O)Nc1nnc(SC(C)C)s1. The summed E-state index contributed by atoms with van der Waals surface area (Å²) in [6.45, 7) is 10.1. The Morgan fingerprint density at radius 1 is 1.25 bits per heavy atom. The second-order valence-corrected chi connectivity index (χ2v) is 8.67. The summed E-state index contributed by atoms with van der Waals surface area (Å²) in [4.78, 5) is 12.4. The topological polar surface area (TPSA) is 64.1 Å². The number of benzene rings is 1. The second-order valence-electron chi connectivity index (χ2n) is 5.87. The third kappa shape index (κ3) is 5.49. The predicted molar refractivity (Wildman–Crippen MR) is 100 cm³/mol. The van der Waals surface area contributed by atoms with Gasteiger partial charge < -0.3 is 4.74 Å². The highest BCUT2D eigenvalue weighted by Gasteiger charge is 2.20. The van der Waals surface area contributed by atoms with Gasteiger partial charge in [0.2, 0.25) is 5.13 Å². The molecule has 0 radical (unpaired) electrons. The molecular weight excluding hydrogens is 342 g/mol. The molecule has 0 aliphatic rings. The zero-order chi connectivity index (χ0) is 17.7. The Kier molecular flexibility index (Phi) is 6.62. The minimum absolute atomic E-state index is 0.200. The molecule has 7 heteroatoms. The summed E-state index contributed by atoms with van der Waals surface area (Å²) in [5, 5.41) is 11.8. The molecule has 0 saturated carbocycles. The van der Waals surface area contributed by atoms with Crippen molar-refractivity contribution in [2.45, 2.75) is 56.7 Å². The lowest BCUT2D eigenvalue weighted by Crippen LogP contribution is -2.32. The Hall–Kier alpha value is -1.60. The minimum atomic E-state index is -0.559. The smallest absolute Gasteiger partial charge is 0.267 e. The van der Waals surface area contributed by atoms with E-state index in [9.17, 15) is 4.79 Å². The quantitative estimate of drug-likeness (QED) is 0.580. The maximum Gasteiger partial charge on any atom is 0.267 e. The summed E-state index contributed by atoms with van der Waals surface area (Å²) in [5.41, 5.74) is 2.22. The Bertz CT molecular complexity index is 681. The first-order valence-electron chi connectivity index (χ1n) is 7.93. The van der Waals surface area contributed by atoms with Crippen molar-refractivity contribution < 1.29 is 9.53 Å². The molecule has 0 spiro atoms. The molecule has 0 bridgehead atoms. The maximum atomic E-state index is 12.4. The molecule has 0 saturated heterocycles. The Balaban J connectivity index is 2.01. The van der Waals surface area contributed by atoms with Gasteiger partial charge in [0.1, 0.15) is 5.75 Å². The molecule has 1 N–H and O–H groups in total. The lowest BCUT2D eigenvalue weighted by molar-refractivity contribution is -0.122. The standard InChI is InChI=1S/C17H23N3O2S2/c1-6-14(22-13-8-11(4)7-12(5)9-13)15(21)18-16-19-20-17(24-16)23-10(2)3/h7-10,14H,6H2,1-5H3,(H,18,19,21). The van der Waals surface area contributed by atoms with Crippen LogP contribution in [0.3, 0.4) is 0 Å². The van der Waals surface area contributed by atoms with Crippen molar-refractivity contribution in [1.29, 1.82) is 0 Å². The van der Waals surface area contributed by atoms with E-state index in [1.165, 1.54) is 11.3 Å². The van der Waals surface area contributed by atoms with Gasteiger partial charge in [0.05, 0.1) is 0 Å². The van der Waals surface area contributed by atoms with E-state index in [0.717, 1.165) is 15.5 Å². The second kappa shape index (κ2) is 8.48. The zero-order valence-electron chi connectivity index (χ0n) is 14.6. The fourth-order valence-electron chi connectivity index (χ4n) is 2.18. The third-order valence-corrected chi connectivity index (χ3v) is 5.04. The normalized spacial score (nSPS) is 12.2. The van der Waals surface area contributed by atoms with Gasteiger partial charge in [0, 0.05) is 5.25 Å². The molecule has 24 heavy (non-hydrogen) atoms. The molecule has 5 nitrogen and oxygen atoms in total. The Morgan fingerprint density at radius 3 is 2.50 bits per heavy atom. The summed E-state index contributed by atoms with van der Waals surface area (Å²) in [5.74, 6) is 0.511. The van der Waals surface area contributed by atoms with Crippen molar-refractivity contribution in [2.24, 2.45) is 0 Å². The number of thioether (sulfide) groups is 1. The highest BCUT2D eigenvalue weighted by Crippen LogP contribution is 2.28. The molecule has 1 unspecified atom stereocenters. The van der Waals surface area contributed by atoms with E-state index >= 15 is 0 Å². The van der Waals surface area contributed by atoms with Crippen molar-refractivity contribution in [2.75, 3.05) is 5.32 Å². The van der Waals surface area contributed by atoms with Gasteiger partial charge in [0.25, 0.3) is 5.91 Å². The Morgan fingerprint density at radius 2 is 1.92 bits per heavy atom. The van der Waals surface area contributed by atoms with Crippen LogP contribution in [0.5, 0.6) is 5.75 Å². The fraction of sp³-hybridized carbons (Fsp3) is 0.471. The Labute approximate surface area is 151 Å². The zero-order valence-corrected chi connectivity index (χ0v) is 16.3. The number of nitrogens with one attached hydrogen (secondary N) is 1. The van der Waals surface area contributed by atoms with E-state index in [4.69, 9.17) is 4.74 Å². The monoisotopic (exact) mass is 365 g/mol. The molecule has 1 atom stereocenters. The van der Waals surface area contributed by atoms with E-state index in [0.29, 0.717) is 22.6 Å². The van der Waals surface area contributed by atoms with Crippen LogP contribution < -0.4 is 10.1 Å². The summed E-state index contributed by atoms with van der Waals surface area (Å²) >= 11 is 3.01. The number of carbonyl (C=O) groups excluding carboxylic acids is 1. The number of anilines is 1. The molecule has 2 aromatic rings. The average molecular weight is 366 g/mol. The molecule has 0 fully saturated rings. The van der Waals surface area contributed by atoms with E-state index < -0.39 is 6.10 Å². The van der Waals surface area contributed by atoms with Crippen LogP contribution in [0.2, 0.25) is 0 Å². The van der Waals surface area contributed by atoms with Crippen LogP contribution in [0, 0.1) is 13.8 Å². The molecule has 130 valence electrons. The summed E-state index contributed by atoms with van der Waals surface area (Å²) in [6, 6.07) is 5.94. The number of aryl methyl sites for hydroxylation is 2. The molecule has 0 aliphatic heterocycles. The van der Waals surface area contributed by atoms with E-state index in [2.05, 4.69) is 35.4 Å². The predicted octanol–water partition coefficient (Wildman–Crippen LogP) is 4.45. The van der Waals surface area contributed by atoms with Crippen molar-refractivity contribution in [3.63, 3.8) is 0 Å². The van der Waals surface area contributed by atoms with Crippen molar-refractivity contribution >= 4 is 34.1 Å². The number of hydrogen-bond donors (Lipinski definition) is 1. The molecule has 1 amide bonds. The molecule has 1 aromatic carbocycles. The number of carbonyl (C=O) groups is 1. The van der Waals surface area contributed by atoms with Gasteiger partial charge >= 0.3 is 0 Å². The molecule has 1 heterocycles. The van der Waals surface area contributed by atoms with Crippen LogP contribution in [0.25, 0.3) is 0 Å². The first-order valence-corrected chi connectivity index (χ1v) is 9.63. The van der Waals surface area contributed by atoms with Gasteiger partial charge in [-0.25, -0.2) is 0 Å². The summed E-state index contributed by atoms with van der Waals surface area (Å²) < 4.78 is 6.72. The molecule has 2 rings (SSSR count). The first kappa shape index (κ1) is 18.7. The molecular formula is C17H23N3O2S2. The highest BCUT2D eigenvalue weighted by molar-refractivity contribution is 8.01. The van der Waals surface area contributed by atoms with Gasteiger partial charge in [-0.2, -0.15) is 0 Å². The van der Waals surface area contributed by atoms with Crippen LogP contribution >= 0.6 is 23.1 Å².